The van der Waals surface area contributed by atoms with Crippen LogP contribution in [0.15, 0.2) is 29.3 Å². The molecule has 1 aromatic rings. The second kappa shape index (κ2) is 10.6. The third kappa shape index (κ3) is 9.59. The van der Waals surface area contributed by atoms with Gasteiger partial charge in [0.05, 0.1) is 6.54 Å². The van der Waals surface area contributed by atoms with Crippen LogP contribution in [0.2, 0.25) is 0 Å². The highest BCUT2D eigenvalue weighted by atomic mass is 16.6. The van der Waals surface area contributed by atoms with Crippen molar-refractivity contribution in [1.82, 2.24) is 16.0 Å². The van der Waals surface area contributed by atoms with E-state index in [0.717, 1.165) is 25.5 Å². The van der Waals surface area contributed by atoms with Gasteiger partial charge in [0.15, 0.2) is 5.96 Å². The van der Waals surface area contributed by atoms with Crippen molar-refractivity contribution in [3.05, 3.63) is 35.4 Å². The first-order chi connectivity index (χ1) is 11.8. The van der Waals surface area contributed by atoms with Crippen molar-refractivity contribution >= 4 is 12.1 Å². The molecule has 0 bridgehead atoms. The smallest absolute Gasteiger partial charge is 0.407 e. The number of carbonyl (C=O) groups excluding carboxylic acids is 1. The monoisotopic (exact) mass is 348 g/mol. The molecule has 0 aliphatic carbocycles. The predicted octanol–water partition coefficient (Wildman–Crippen LogP) is 2.96. The van der Waals surface area contributed by atoms with Gasteiger partial charge in [-0.2, -0.15) is 0 Å². The van der Waals surface area contributed by atoms with E-state index in [1.54, 1.807) is 0 Å². The van der Waals surface area contributed by atoms with Crippen LogP contribution < -0.4 is 16.0 Å². The van der Waals surface area contributed by atoms with Crippen molar-refractivity contribution in [2.75, 3.05) is 19.6 Å². The van der Waals surface area contributed by atoms with E-state index in [1.165, 1.54) is 11.1 Å². The van der Waals surface area contributed by atoms with Crippen molar-refractivity contribution in [3.63, 3.8) is 0 Å². The first-order valence-electron chi connectivity index (χ1n) is 8.85. The van der Waals surface area contributed by atoms with E-state index < -0.39 is 5.60 Å². The molecule has 140 valence electrons. The Balaban J connectivity index is 2.35. The molecule has 0 saturated heterocycles. The van der Waals surface area contributed by atoms with Gasteiger partial charge in [-0.05, 0) is 52.2 Å². The Kier molecular flexibility index (Phi) is 8.81. The average molecular weight is 348 g/mol. The zero-order chi connectivity index (χ0) is 18.7. The fraction of sp³-hybridized carbons (Fsp3) is 0.579. The maximum absolute atomic E-state index is 11.6. The first-order valence-corrected chi connectivity index (χ1v) is 8.85. The SMILES string of the molecule is CCNC(=NCc1ccccc1C)NCCCNC(=O)OC(C)(C)C. The Labute approximate surface area is 151 Å². The van der Waals surface area contributed by atoms with Gasteiger partial charge in [0, 0.05) is 19.6 Å². The Morgan fingerprint density at radius 3 is 2.44 bits per heavy atom. The summed E-state index contributed by atoms with van der Waals surface area (Å²) in [6, 6.07) is 8.24. The van der Waals surface area contributed by atoms with E-state index in [1.807, 2.05) is 39.8 Å². The van der Waals surface area contributed by atoms with E-state index >= 15 is 0 Å². The molecule has 0 radical (unpaired) electrons. The molecule has 6 heteroatoms. The molecule has 3 N–H and O–H groups in total. The topological polar surface area (TPSA) is 74.8 Å². The minimum absolute atomic E-state index is 0.382. The van der Waals surface area contributed by atoms with Gasteiger partial charge >= 0.3 is 6.09 Å². The summed E-state index contributed by atoms with van der Waals surface area (Å²) in [5.41, 5.74) is 1.98. The number of carbonyl (C=O) groups is 1. The van der Waals surface area contributed by atoms with Crippen molar-refractivity contribution in [3.8, 4) is 0 Å². The maximum atomic E-state index is 11.6. The maximum Gasteiger partial charge on any atom is 0.407 e. The van der Waals surface area contributed by atoms with Crippen LogP contribution in [0.4, 0.5) is 4.79 Å². The van der Waals surface area contributed by atoms with Crippen LogP contribution >= 0.6 is 0 Å². The van der Waals surface area contributed by atoms with Gasteiger partial charge in [0.25, 0.3) is 0 Å². The number of hydrogen-bond donors (Lipinski definition) is 3. The Morgan fingerprint density at radius 1 is 1.12 bits per heavy atom. The molecule has 0 heterocycles. The van der Waals surface area contributed by atoms with Gasteiger partial charge in [-0.1, -0.05) is 24.3 Å². The molecule has 6 nitrogen and oxygen atoms in total. The highest BCUT2D eigenvalue weighted by Crippen LogP contribution is 2.08. The molecule has 0 aromatic heterocycles. The normalized spacial score (nSPS) is 11.8. The van der Waals surface area contributed by atoms with Gasteiger partial charge in [-0.25, -0.2) is 9.79 Å². The number of alkyl carbamates (subject to hydrolysis) is 1. The summed E-state index contributed by atoms with van der Waals surface area (Å²) in [5, 5.41) is 9.26. The molecule has 0 fully saturated rings. The molecular weight excluding hydrogens is 316 g/mol. The van der Waals surface area contributed by atoms with E-state index in [-0.39, 0.29) is 6.09 Å². The average Bonchev–Trinajstić information content (AvgIpc) is 2.51. The highest BCUT2D eigenvalue weighted by Gasteiger charge is 2.15. The van der Waals surface area contributed by atoms with Crippen LogP contribution in [0.1, 0.15) is 45.2 Å². The van der Waals surface area contributed by atoms with Gasteiger partial charge in [0.1, 0.15) is 5.60 Å². The minimum atomic E-state index is -0.469. The van der Waals surface area contributed by atoms with Crippen molar-refractivity contribution in [2.45, 2.75) is 53.2 Å². The zero-order valence-electron chi connectivity index (χ0n) is 16.1. The number of hydrogen-bond acceptors (Lipinski definition) is 3. The number of ether oxygens (including phenoxy) is 1. The molecule has 0 aliphatic rings. The van der Waals surface area contributed by atoms with Crippen molar-refractivity contribution in [2.24, 2.45) is 4.99 Å². The summed E-state index contributed by atoms with van der Waals surface area (Å²) in [7, 11) is 0. The lowest BCUT2D eigenvalue weighted by Gasteiger charge is -2.19. The minimum Gasteiger partial charge on any atom is -0.444 e. The number of aryl methyl sites for hydroxylation is 1. The van der Waals surface area contributed by atoms with Gasteiger partial charge in [0.2, 0.25) is 0 Å². The van der Waals surface area contributed by atoms with Crippen molar-refractivity contribution < 1.29 is 9.53 Å². The molecule has 25 heavy (non-hydrogen) atoms. The van der Waals surface area contributed by atoms with Crippen LogP contribution in [-0.2, 0) is 11.3 Å². The summed E-state index contributed by atoms with van der Waals surface area (Å²) >= 11 is 0. The number of benzene rings is 1. The molecular formula is C19H32N4O2. The standard InChI is InChI=1S/C19H32N4O2/c1-6-20-17(23-14-16-11-8-7-10-15(16)2)21-12-9-13-22-18(24)25-19(3,4)5/h7-8,10-11H,6,9,12-14H2,1-5H3,(H,22,24)(H2,20,21,23). The molecule has 0 spiro atoms. The fourth-order valence-electron chi connectivity index (χ4n) is 2.09. The largest absolute Gasteiger partial charge is 0.444 e. The number of rotatable bonds is 7. The third-order valence-electron chi connectivity index (χ3n) is 3.33. The van der Waals surface area contributed by atoms with Crippen LogP contribution in [-0.4, -0.2) is 37.3 Å². The second-order valence-corrected chi connectivity index (χ2v) is 6.83. The lowest BCUT2D eigenvalue weighted by molar-refractivity contribution is 0.0527. The van der Waals surface area contributed by atoms with Crippen LogP contribution in [0.5, 0.6) is 0 Å². The third-order valence-corrected chi connectivity index (χ3v) is 3.33. The number of nitrogens with zero attached hydrogens (tertiary/aromatic N) is 1. The van der Waals surface area contributed by atoms with E-state index in [0.29, 0.717) is 13.1 Å². The van der Waals surface area contributed by atoms with E-state index in [9.17, 15) is 4.79 Å². The van der Waals surface area contributed by atoms with Gasteiger partial charge in [-0.15, -0.1) is 0 Å². The molecule has 0 saturated carbocycles. The number of amides is 1. The van der Waals surface area contributed by atoms with E-state index in [4.69, 9.17) is 4.74 Å². The molecule has 1 rings (SSSR count). The first kappa shape index (κ1) is 20.8. The van der Waals surface area contributed by atoms with Crippen LogP contribution in [0.3, 0.4) is 0 Å². The van der Waals surface area contributed by atoms with E-state index in [2.05, 4.69) is 40.0 Å². The molecule has 1 amide bonds. The van der Waals surface area contributed by atoms with Gasteiger partial charge < -0.3 is 20.7 Å². The quantitative estimate of drug-likeness (QED) is 0.402. The number of guanidine groups is 1. The van der Waals surface area contributed by atoms with Gasteiger partial charge in [-0.3, -0.25) is 0 Å². The highest BCUT2D eigenvalue weighted by molar-refractivity contribution is 5.79. The fourth-order valence-corrected chi connectivity index (χ4v) is 2.09. The molecule has 0 atom stereocenters. The van der Waals surface area contributed by atoms with Crippen LogP contribution in [0.25, 0.3) is 0 Å². The summed E-state index contributed by atoms with van der Waals surface area (Å²) in [6.45, 7) is 12.4. The molecule has 1 aromatic carbocycles. The Hall–Kier alpha value is -2.24. The Bertz CT molecular complexity index is 565. The summed E-state index contributed by atoms with van der Waals surface area (Å²) in [5.74, 6) is 0.781. The number of aliphatic imine (C=N–C) groups is 1. The second-order valence-electron chi connectivity index (χ2n) is 6.83. The Morgan fingerprint density at radius 2 is 1.80 bits per heavy atom. The summed E-state index contributed by atoms with van der Waals surface area (Å²) < 4.78 is 5.20. The summed E-state index contributed by atoms with van der Waals surface area (Å²) in [6.07, 6.45) is 0.404. The molecule has 0 unspecified atom stereocenters. The molecule has 0 aliphatic heterocycles. The van der Waals surface area contributed by atoms with Crippen LogP contribution in [0, 0.1) is 6.92 Å². The zero-order valence-corrected chi connectivity index (χ0v) is 16.1. The lowest BCUT2D eigenvalue weighted by atomic mass is 10.1. The number of nitrogens with one attached hydrogen (secondary N) is 3. The summed E-state index contributed by atoms with van der Waals surface area (Å²) in [4.78, 5) is 16.2. The lowest BCUT2D eigenvalue weighted by Crippen LogP contribution is -2.39. The van der Waals surface area contributed by atoms with Crippen molar-refractivity contribution in [1.29, 1.82) is 0 Å². The predicted molar refractivity (Wildman–Crippen MR) is 103 cm³/mol.